The van der Waals surface area contributed by atoms with Gasteiger partial charge in [-0.05, 0) is 37.0 Å². The first-order valence-electron chi connectivity index (χ1n) is 12.2. The van der Waals surface area contributed by atoms with E-state index in [0.29, 0.717) is 32.2 Å². The van der Waals surface area contributed by atoms with E-state index in [2.05, 4.69) is 20.9 Å². The Hall–Kier alpha value is -2.89. The topological polar surface area (TPSA) is 215 Å². The molecule has 0 fully saturated rings. The van der Waals surface area contributed by atoms with E-state index in [1.54, 1.807) is 20.8 Å². The number of amides is 3. The summed E-state index contributed by atoms with van der Waals surface area (Å²) in [5.41, 5.74) is 16.5. The average molecular weight is 500 g/mol. The molecule has 12 nitrogen and oxygen atoms in total. The lowest BCUT2D eigenvalue weighted by atomic mass is 9.96. The van der Waals surface area contributed by atoms with Crippen molar-refractivity contribution < 1.29 is 24.3 Å². The summed E-state index contributed by atoms with van der Waals surface area (Å²) in [4.78, 5) is 54.1. The predicted molar refractivity (Wildman–Crippen MR) is 135 cm³/mol. The van der Waals surface area contributed by atoms with Crippen LogP contribution in [0.2, 0.25) is 0 Å². The first kappa shape index (κ1) is 32.1. The molecule has 12 heteroatoms. The number of guanidine groups is 1. The van der Waals surface area contributed by atoms with Gasteiger partial charge in [0.2, 0.25) is 17.7 Å². The van der Waals surface area contributed by atoms with Crippen molar-refractivity contribution in [2.24, 2.45) is 39.9 Å². The van der Waals surface area contributed by atoms with Crippen LogP contribution in [0.15, 0.2) is 4.99 Å². The number of aliphatic imine (C=N–C) groups is 1. The second kappa shape index (κ2) is 15.9. The predicted octanol–water partition coefficient (Wildman–Crippen LogP) is -0.345. The summed E-state index contributed by atoms with van der Waals surface area (Å²) in [6.07, 6.45) is 1.70. The summed E-state index contributed by atoms with van der Waals surface area (Å²) < 4.78 is 0. The standard InChI is InChI=1S/C23H45N7O5/c1-7-14(6)18(22(34)35)30-21(33)17(13(4)5)29-20(32)16(11-12(2)3)28-19(31)15(24)9-8-10-27-23(25)26/h12-18H,7-11,24H2,1-6H3,(H,28,31)(H,29,32)(H,30,33)(H,34,35)(H4,25,26,27). The molecule has 0 rings (SSSR count). The molecule has 0 aliphatic heterocycles. The van der Waals surface area contributed by atoms with Crippen LogP contribution in [0.5, 0.6) is 0 Å². The van der Waals surface area contributed by atoms with Crippen LogP contribution < -0.4 is 33.2 Å². The zero-order chi connectivity index (χ0) is 27.3. The Morgan fingerprint density at radius 3 is 1.91 bits per heavy atom. The molecule has 0 heterocycles. The fourth-order valence-electron chi connectivity index (χ4n) is 3.35. The summed E-state index contributed by atoms with van der Waals surface area (Å²) in [5.74, 6) is -3.35. The summed E-state index contributed by atoms with van der Waals surface area (Å²) in [7, 11) is 0. The molecule has 35 heavy (non-hydrogen) atoms. The van der Waals surface area contributed by atoms with Crippen molar-refractivity contribution in [3.8, 4) is 0 Å². The number of hydrogen-bond donors (Lipinski definition) is 7. The maximum Gasteiger partial charge on any atom is 0.326 e. The van der Waals surface area contributed by atoms with Gasteiger partial charge in [-0.1, -0.05) is 48.0 Å². The zero-order valence-electron chi connectivity index (χ0n) is 21.8. The van der Waals surface area contributed by atoms with Crippen LogP contribution in [0.4, 0.5) is 0 Å². The highest BCUT2D eigenvalue weighted by molar-refractivity contribution is 5.94. The van der Waals surface area contributed by atoms with Gasteiger partial charge in [-0.2, -0.15) is 0 Å². The first-order valence-corrected chi connectivity index (χ1v) is 12.2. The number of rotatable bonds is 16. The van der Waals surface area contributed by atoms with Gasteiger partial charge in [0.25, 0.3) is 0 Å². The van der Waals surface area contributed by atoms with Crippen molar-refractivity contribution in [2.75, 3.05) is 6.54 Å². The van der Waals surface area contributed by atoms with Crippen LogP contribution >= 0.6 is 0 Å². The highest BCUT2D eigenvalue weighted by Gasteiger charge is 2.33. The maximum atomic E-state index is 13.1. The van der Waals surface area contributed by atoms with E-state index in [1.807, 2.05) is 20.8 Å². The number of nitrogens with zero attached hydrogens (tertiary/aromatic N) is 1. The minimum atomic E-state index is -1.14. The lowest BCUT2D eigenvalue weighted by molar-refractivity contribution is -0.144. The number of carboxylic acid groups (broad SMARTS) is 1. The van der Waals surface area contributed by atoms with Crippen LogP contribution in [-0.4, -0.2) is 65.5 Å². The molecule has 10 N–H and O–H groups in total. The van der Waals surface area contributed by atoms with Gasteiger partial charge in [-0.15, -0.1) is 0 Å². The summed E-state index contributed by atoms with van der Waals surface area (Å²) in [6.45, 7) is 11.2. The molecule has 0 saturated heterocycles. The molecule has 5 atom stereocenters. The molecule has 0 aromatic carbocycles. The normalized spacial score (nSPS) is 15.5. The smallest absolute Gasteiger partial charge is 0.326 e. The average Bonchev–Trinajstić information content (AvgIpc) is 2.76. The fraction of sp³-hybridized carbons (Fsp3) is 0.783. The van der Waals surface area contributed by atoms with E-state index in [0.717, 1.165) is 0 Å². The van der Waals surface area contributed by atoms with Crippen LogP contribution in [0.1, 0.15) is 67.2 Å². The van der Waals surface area contributed by atoms with Gasteiger partial charge in [0.15, 0.2) is 5.96 Å². The molecule has 0 saturated carbocycles. The number of carbonyl (C=O) groups is 4. The lowest BCUT2D eigenvalue weighted by Gasteiger charge is -2.28. The second-order valence-corrected chi connectivity index (χ2v) is 9.69. The number of nitrogens with two attached hydrogens (primary N) is 3. The van der Waals surface area contributed by atoms with Crippen molar-refractivity contribution in [2.45, 2.75) is 91.4 Å². The van der Waals surface area contributed by atoms with Gasteiger partial charge in [-0.3, -0.25) is 19.4 Å². The van der Waals surface area contributed by atoms with E-state index in [1.165, 1.54) is 0 Å². The lowest BCUT2D eigenvalue weighted by Crippen LogP contribution is -2.59. The SMILES string of the molecule is CCC(C)C(NC(=O)C(NC(=O)C(CC(C)C)NC(=O)C(N)CCCN=C(N)N)C(C)C)C(=O)O. The molecule has 0 aromatic heterocycles. The monoisotopic (exact) mass is 499 g/mol. The van der Waals surface area contributed by atoms with Gasteiger partial charge < -0.3 is 38.3 Å². The Balaban J connectivity index is 5.36. The molecule has 3 amide bonds. The Kier molecular flexibility index (Phi) is 14.6. The fourth-order valence-corrected chi connectivity index (χ4v) is 3.35. The summed E-state index contributed by atoms with van der Waals surface area (Å²) >= 11 is 0. The second-order valence-electron chi connectivity index (χ2n) is 9.69. The molecule has 0 radical (unpaired) electrons. The molecule has 0 aliphatic rings. The van der Waals surface area contributed by atoms with E-state index >= 15 is 0 Å². The Morgan fingerprint density at radius 2 is 1.46 bits per heavy atom. The molecular formula is C23H45N7O5. The molecule has 5 unspecified atom stereocenters. The van der Waals surface area contributed by atoms with Gasteiger partial charge in [-0.25, -0.2) is 4.79 Å². The van der Waals surface area contributed by atoms with Gasteiger partial charge >= 0.3 is 5.97 Å². The zero-order valence-corrected chi connectivity index (χ0v) is 21.8. The van der Waals surface area contributed by atoms with Crippen molar-refractivity contribution in [3.63, 3.8) is 0 Å². The Labute approximate surface area is 208 Å². The van der Waals surface area contributed by atoms with Crippen LogP contribution in [0.25, 0.3) is 0 Å². The number of carboxylic acids is 1. The Bertz CT molecular complexity index is 738. The van der Waals surface area contributed by atoms with Gasteiger partial charge in [0.1, 0.15) is 18.1 Å². The highest BCUT2D eigenvalue weighted by Crippen LogP contribution is 2.12. The van der Waals surface area contributed by atoms with Crippen molar-refractivity contribution in [1.82, 2.24) is 16.0 Å². The molecule has 0 aromatic rings. The number of nitrogens with one attached hydrogen (secondary N) is 3. The van der Waals surface area contributed by atoms with Crippen molar-refractivity contribution >= 4 is 29.7 Å². The van der Waals surface area contributed by atoms with Crippen LogP contribution in [0, 0.1) is 17.8 Å². The van der Waals surface area contributed by atoms with Gasteiger partial charge in [0.05, 0.1) is 6.04 Å². The van der Waals surface area contributed by atoms with E-state index in [9.17, 15) is 24.3 Å². The quantitative estimate of drug-likeness (QED) is 0.0844. The summed E-state index contributed by atoms with van der Waals surface area (Å²) in [5, 5.41) is 17.4. The first-order chi connectivity index (χ1) is 16.2. The Morgan fingerprint density at radius 1 is 0.886 bits per heavy atom. The third-order valence-corrected chi connectivity index (χ3v) is 5.67. The third kappa shape index (κ3) is 12.4. The number of carbonyl (C=O) groups excluding carboxylic acids is 3. The van der Waals surface area contributed by atoms with Crippen molar-refractivity contribution in [1.29, 1.82) is 0 Å². The highest BCUT2D eigenvalue weighted by atomic mass is 16.4. The van der Waals surface area contributed by atoms with Gasteiger partial charge in [0, 0.05) is 6.54 Å². The third-order valence-electron chi connectivity index (χ3n) is 5.67. The molecule has 202 valence electrons. The molecule has 0 bridgehead atoms. The molecule has 0 aliphatic carbocycles. The summed E-state index contributed by atoms with van der Waals surface area (Å²) in [6, 6.07) is -3.82. The number of hydrogen-bond acceptors (Lipinski definition) is 6. The molecule has 0 spiro atoms. The molecular weight excluding hydrogens is 454 g/mol. The minimum absolute atomic E-state index is 0.0423. The van der Waals surface area contributed by atoms with E-state index in [-0.39, 0.29) is 23.7 Å². The van der Waals surface area contributed by atoms with E-state index in [4.69, 9.17) is 17.2 Å². The minimum Gasteiger partial charge on any atom is -0.480 e. The van der Waals surface area contributed by atoms with E-state index < -0.39 is 47.9 Å². The maximum absolute atomic E-state index is 13.1. The largest absolute Gasteiger partial charge is 0.480 e. The van der Waals surface area contributed by atoms with Crippen molar-refractivity contribution in [3.05, 3.63) is 0 Å². The van der Waals surface area contributed by atoms with Crippen LogP contribution in [0.3, 0.4) is 0 Å². The van der Waals surface area contributed by atoms with Crippen LogP contribution in [-0.2, 0) is 19.2 Å². The number of aliphatic carboxylic acids is 1.